The van der Waals surface area contributed by atoms with E-state index in [2.05, 4.69) is 9.50 Å². The van der Waals surface area contributed by atoms with Crippen LogP contribution in [0.4, 0.5) is 0 Å². The van der Waals surface area contributed by atoms with Gasteiger partial charge >= 0.3 is 0 Å². The van der Waals surface area contributed by atoms with Crippen LogP contribution in [0.5, 0.6) is 0 Å². The summed E-state index contributed by atoms with van der Waals surface area (Å²) >= 11 is 6.31. The monoisotopic (exact) mass is 469 g/mol. The van der Waals surface area contributed by atoms with Gasteiger partial charge < -0.3 is 10.4 Å². The third kappa shape index (κ3) is 5.81. The summed E-state index contributed by atoms with van der Waals surface area (Å²) in [6.07, 6.45) is 8.70. The fourth-order valence-corrected chi connectivity index (χ4v) is 7.00. The minimum atomic E-state index is -3.58. The predicted octanol–water partition coefficient (Wildman–Crippen LogP) is 3.56. The number of aliphatic hydroxyl groups excluding tert-OH is 1. The molecule has 2 N–H and O–H groups in total. The number of hydrogen-bond acceptors (Lipinski definition) is 5. The minimum Gasteiger partial charge on any atom is -0.391 e. The molecule has 0 aromatic heterocycles. The molecule has 1 aromatic rings. The van der Waals surface area contributed by atoms with Gasteiger partial charge in [-0.25, -0.2) is 0 Å². The lowest BCUT2D eigenvalue weighted by Crippen LogP contribution is -2.51. The lowest BCUT2D eigenvalue weighted by atomic mass is 9.49. The molecule has 4 bridgehead atoms. The second-order valence-electron chi connectivity index (χ2n) is 10.1. The van der Waals surface area contributed by atoms with Crippen LogP contribution in [0, 0.1) is 23.2 Å². The van der Waals surface area contributed by atoms with E-state index in [1.807, 2.05) is 6.07 Å². The third-order valence-corrected chi connectivity index (χ3v) is 8.20. The molecule has 0 unspecified atom stereocenters. The molecule has 0 radical (unpaired) electrons. The first-order valence-corrected chi connectivity index (χ1v) is 13.4. The summed E-state index contributed by atoms with van der Waals surface area (Å²) < 4.78 is 26.7. The van der Waals surface area contributed by atoms with Crippen molar-refractivity contribution in [2.24, 2.45) is 23.2 Å². The number of amides is 1. The zero-order chi connectivity index (χ0) is 22.2. The van der Waals surface area contributed by atoms with Crippen LogP contribution in [0.15, 0.2) is 18.2 Å². The van der Waals surface area contributed by atoms with Crippen molar-refractivity contribution in [2.75, 3.05) is 19.4 Å². The molecule has 0 heterocycles. The Morgan fingerprint density at radius 3 is 2.42 bits per heavy atom. The van der Waals surface area contributed by atoms with E-state index in [9.17, 15) is 18.3 Å². The third-order valence-electron chi connectivity index (χ3n) is 7.31. The average molecular weight is 470 g/mol. The smallest absolute Gasteiger partial charge is 0.264 e. The van der Waals surface area contributed by atoms with Crippen LogP contribution in [-0.4, -0.2) is 44.9 Å². The molecule has 0 saturated heterocycles. The summed E-state index contributed by atoms with van der Waals surface area (Å²) in [7, 11) is -3.58. The largest absolute Gasteiger partial charge is 0.391 e. The van der Waals surface area contributed by atoms with Gasteiger partial charge in [-0.2, -0.15) is 8.42 Å². The first-order valence-electron chi connectivity index (χ1n) is 11.2. The van der Waals surface area contributed by atoms with Crippen molar-refractivity contribution in [3.63, 3.8) is 0 Å². The number of hydrogen-bond donors (Lipinski definition) is 2. The molecule has 172 valence electrons. The van der Waals surface area contributed by atoms with Crippen LogP contribution in [0.25, 0.3) is 0 Å². The minimum absolute atomic E-state index is 0.149. The highest BCUT2D eigenvalue weighted by Gasteiger charge is 2.50. The molecule has 31 heavy (non-hydrogen) atoms. The van der Waals surface area contributed by atoms with E-state index in [4.69, 9.17) is 11.6 Å². The van der Waals surface area contributed by atoms with Crippen LogP contribution in [0.2, 0.25) is 5.02 Å². The lowest BCUT2D eigenvalue weighted by Gasteiger charge is -2.56. The van der Waals surface area contributed by atoms with Crippen molar-refractivity contribution < 1.29 is 22.5 Å². The summed E-state index contributed by atoms with van der Waals surface area (Å²) in [4.78, 5) is 12.9. The molecule has 4 aliphatic carbocycles. The van der Waals surface area contributed by atoms with Crippen molar-refractivity contribution in [3.05, 3.63) is 34.3 Å². The van der Waals surface area contributed by atoms with E-state index < -0.39 is 16.2 Å². The number of carbonyl (C=O) groups excluding carboxylic acids is 1. The maximum absolute atomic E-state index is 12.9. The number of aryl methyl sites for hydroxylation is 1. The van der Waals surface area contributed by atoms with E-state index in [1.165, 1.54) is 38.5 Å². The normalized spacial score (nSPS) is 30.4. The molecule has 1 aromatic carbocycles. The second kappa shape index (κ2) is 9.00. The van der Waals surface area contributed by atoms with Gasteiger partial charge in [-0.15, -0.1) is 0 Å². The van der Waals surface area contributed by atoms with Crippen LogP contribution in [0.3, 0.4) is 0 Å². The Hall–Kier alpha value is -1.15. The van der Waals surface area contributed by atoms with Crippen molar-refractivity contribution in [1.29, 1.82) is 0 Å². The van der Waals surface area contributed by atoms with Gasteiger partial charge in [-0.1, -0.05) is 17.7 Å². The van der Waals surface area contributed by atoms with E-state index in [1.54, 1.807) is 12.1 Å². The standard InChI is InChI=1S/C23H32ClNO5S/c1-31(28,29)30-13-19(26)4-2-15-3-5-21(24)20(9-15)22(27)25-14-23-10-16-6-17(11-23)8-18(7-16)12-23/h3,5,9,16-19,26H,2,4,6-8,10-14H2,1H3,(H,25,27)/t16?,17?,18?,19-,23?/m1/s1. The van der Waals surface area contributed by atoms with Crippen molar-refractivity contribution in [3.8, 4) is 0 Å². The topological polar surface area (TPSA) is 92.7 Å². The SMILES string of the molecule is CS(=O)(=O)OC[C@H](O)CCc1ccc(Cl)c(C(=O)NCC23CC4CC(CC(C4)C2)C3)c1. The summed E-state index contributed by atoms with van der Waals surface area (Å²) in [6.45, 7) is 0.447. The molecule has 4 saturated carbocycles. The molecule has 4 aliphatic rings. The molecule has 4 fully saturated rings. The van der Waals surface area contributed by atoms with Gasteiger partial charge in [0.1, 0.15) is 0 Å². The Labute approximate surface area is 189 Å². The molecule has 0 spiro atoms. The molecule has 1 atom stereocenters. The van der Waals surface area contributed by atoms with Crippen LogP contribution in [0.1, 0.15) is 60.9 Å². The van der Waals surface area contributed by atoms with Gasteiger partial charge in [0.15, 0.2) is 0 Å². The van der Waals surface area contributed by atoms with Gasteiger partial charge in [-0.05, 0) is 92.2 Å². The highest BCUT2D eigenvalue weighted by molar-refractivity contribution is 7.85. The molecule has 0 aliphatic heterocycles. The first kappa shape index (κ1) is 23.0. The fourth-order valence-electron chi connectivity index (χ4n) is 6.39. The van der Waals surface area contributed by atoms with Gasteiger partial charge in [-0.3, -0.25) is 8.98 Å². The first-order chi connectivity index (χ1) is 14.6. The average Bonchev–Trinajstić information content (AvgIpc) is 2.68. The Balaban J connectivity index is 1.33. The van der Waals surface area contributed by atoms with Crippen LogP contribution >= 0.6 is 11.6 Å². The van der Waals surface area contributed by atoms with Gasteiger partial charge in [0.25, 0.3) is 16.0 Å². The predicted molar refractivity (Wildman–Crippen MR) is 120 cm³/mol. The van der Waals surface area contributed by atoms with Crippen molar-refractivity contribution in [1.82, 2.24) is 5.32 Å². The van der Waals surface area contributed by atoms with Gasteiger partial charge in [0.2, 0.25) is 0 Å². The molecular weight excluding hydrogens is 438 g/mol. The number of rotatable bonds is 9. The highest BCUT2D eigenvalue weighted by atomic mass is 35.5. The zero-order valence-electron chi connectivity index (χ0n) is 18.0. The molecular formula is C23H32ClNO5S. The van der Waals surface area contributed by atoms with Crippen LogP contribution < -0.4 is 5.32 Å². The maximum Gasteiger partial charge on any atom is 0.264 e. The van der Waals surface area contributed by atoms with Gasteiger partial charge in [0.05, 0.1) is 29.6 Å². The molecule has 1 amide bonds. The summed E-state index contributed by atoms with van der Waals surface area (Å²) in [5, 5.41) is 13.5. The number of benzene rings is 1. The molecule has 8 heteroatoms. The van der Waals surface area contributed by atoms with Crippen molar-refractivity contribution in [2.45, 2.75) is 57.5 Å². The van der Waals surface area contributed by atoms with Crippen LogP contribution in [-0.2, 0) is 20.7 Å². The Bertz CT molecular complexity index is 897. The van der Waals surface area contributed by atoms with E-state index >= 15 is 0 Å². The van der Waals surface area contributed by atoms with Crippen molar-refractivity contribution >= 4 is 27.6 Å². The van der Waals surface area contributed by atoms with Gasteiger partial charge in [0, 0.05) is 6.54 Å². The summed E-state index contributed by atoms with van der Waals surface area (Å²) in [5.74, 6) is 2.37. The Morgan fingerprint density at radius 1 is 1.23 bits per heavy atom. The fraction of sp³-hybridized carbons (Fsp3) is 0.696. The Kier molecular flexibility index (Phi) is 6.69. The second-order valence-corrected chi connectivity index (χ2v) is 12.1. The van der Waals surface area contributed by atoms with E-state index in [0.717, 1.165) is 36.1 Å². The zero-order valence-corrected chi connectivity index (χ0v) is 19.6. The highest BCUT2D eigenvalue weighted by Crippen LogP contribution is 2.59. The number of nitrogens with one attached hydrogen (secondary N) is 1. The summed E-state index contributed by atoms with van der Waals surface area (Å²) in [5.41, 5.74) is 1.58. The number of carbonyl (C=O) groups is 1. The Morgan fingerprint density at radius 2 is 1.84 bits per heavy atom. The number of aliphatic hydroxyl groups is 1. The van der Waals surface area contributed by atoms with E-state index in [0.29, 0.717) is 23.4 Å². The molecule has 6 nitrogen and oxygen atoms in total. The quantitative estimate of drug-likeness (QED) is 0.539. The number of halogens is 1. The van der Waals surface area contributed by atoms with E-state index in [-0.39, 0.29) is 17.9 Å². The molecule has 5 rings (SSSR count). The lowest BCUT2D eigenvalue weighted by molar-refractivity contribution is -0.0503. The maximum atomic E-state index is 12.9. The summed E-state index contributed by atoms with van der Waals surface area (Å²) in [6, 6.07) is 5.29.